The van der Waals surface area contributed by atoms with Crippen LogP contribution in [0.5, 0.6) is 5.75 Å². The molecule has 0 aliphatic rings. The lowest BCUT2D eigenvalue weighted by Gasteiger charge is -2.08. The Bertz CT molecular complexity index is 350. The van der Waals surface area contributed by atoms with Gasteiger partial charge in [0.25, 0.3) is 0 Å². The number of methoxy groups -OCH3 is 1. The van der Waals surface area contributed by atoms with Crippen molar-refractivity contribution >= 4 is 22.2 Å². The van der Waals surface area contributed by atoms with Gasteiger partial charge in [-0.25, -0.2) is 4.39 Å². The highest BCUT2D eigenvalue weighted by Crippen LogP contribution is 2.31. The number of rotatable bonds is 2. The highest BCUT2D eigenvalue weighted by atomic mass is 79.9. The summed E-state index contributed by atoms with van der Waals surface area (Å²) in [5, 5.41) is 0. The molecule has 13 heavy (non-hydrogen) atoms. The van der Waals surface area contributed by atoms with Gasteiger partial charge in [-0.3, -0.25) is 4.79 Å². The van der Waals surface area contributed by atoms with E-state index in [-0.39, 0.29) is 11.3 Å². The molecule has 0 unspecified atom stereocenters. The van der Waals surface area contributed by atoms with E-state index in [2.05, 4.69) is 15.9 Å². The molecule has 0 heterocycles. The molecule has 0 spiro atoms. The number of hydrogen-bond donors (Lipinski definition) is 0. The molecular formula is C9H8BrFO2. The van der Waals surface area contributed by atoms with Gasteiger partial charge in [-0.2, -0.15) is 0 Å². The fraction of sp³-hybridized carbons (Fsp3) is 0.222. The van der Waals surface area contributed by atoms with Crippen molar-refractivity contribution in [1.29, 1.82) is 0 Å². The minimum absolute atomic E-state index is 0.0469. The van der Waals surface area contributed by atoms with E-state index in [4.69, 9.17) is 4.74 Å². The normalized spacial score (nSPS) is 9.85. The number of carbonyl (C=O) groups is 1. The smallest absolute Gasteiger partial charge is 0.156 e. The van der Waals surface area contributed by atoms with Gasteiger partial charge < -0.3 is 4.74 Å². The molecule has 0 bridgehead atoms. The van der Waals surface area contributed by atoms with Gasteiger partial charge in [-0.15, -0.1) is 0 Å². The van der Waals surface area contributed by atoms with Crippen LogP contribution in [0.2, 0.25) is 0 Å². The first-order valence-electron chi connectivity index (χ1n) is 3.59. The van der Waals surface area contributed by atoms with Crippen molar-refractivity contribution in [1.82, 2.24) is 0 Å². The van der Waals surface area contributed by atoms with Gasteiger partial charge in [0.1, 0.15) is 11.6 Å². The first-order valence-corrected chi connectivity index (χ1v) is 4.39. The highest BCUT2D eigenvalue weighted by Gasteiger charge is 2.14. The second-order valence-corrected chi connectivity index (χ2v) is 3.41. The summed E-state index contributed by atoms with van der Waals surface area (Å²) in [6.45, 7) is 1.59. The van der Waals surface area contributed by atoms with Gasteiger partial charge in [0.15, 0.2) is 6.29 Å². The molecule has 4 heteroatoms. The Morgan fingerprint density at radius 1 is 1.62 bits per heavy atom. The third-order valence-electron chi connectivity index (χ3n) is 1.71. The zero-order valence-corrected chi connectivity index (χ0v) is 8.81. The number of ether oxygens (including phenoxy) is 1. The van der Waals surface area contributed by atoms with Crippen molar-refractivity contribution in [3.63, 3.8) is 0 Å². The van der Waals surface area contributed by atoms with Crippen molar-refractivity contribution < 1.29 is 13.9 Å². The molecule has 0 atom stereocenters. The van der Waals surface area contributed by atoms with Crippen LogP contribution >= 0.6 is 15.9 Å². The first-order chi connectivity index (χ1) is 6.11. The van der Waals surface area contributed by atoms with E-state index in [9.17, 15) is 9.18 Å². The average molecular weight is 247 g/mol. The quantitative estimate of drug-likeness (QED) is 0.751. The van der Waals surface area contributed by atoms with E-state index >= 15 is 0 Å². The summed E-state index contributed by atoms with van der Waals surface area (Å²) >= 11 is 3.18. The van der Waals surface area contributed by atoms with Gasteiger partial charge >= 0.3 is 0 Å². The molecule has 0 aliphatic heterocycles. The Hall–Kier alpha value is -0.900. The van der Waals surface area contributed by atoms with Crippen LogP contribution in [-0.4, -0.2) is 13.4 Å². The van der Waals surface area contributed by atoms with Crippen molar-refractivity contribution in [2.45, 2.75) is 6.92 Å². The summed E-state index contributed by atoms with van der Waals surface area (Å²) in [5.74, 6) is -0.298. The van der Waals surface area contributed by atoms with E-state index in [0.29, 0.717) is 16.3 Å². The van der Waals surface area contributed by atoms with E-state index in [1.165, 1.54) is 7.11 Å². The Morgan fingerprint density at radius 2 is 2.23 bits per heavy atom. The van der Waals surface area contributed by atoms with Crippen LogP contribution in [0.4, 0.5) is 4.39 Å². The lowest BCUT2D eigenvalue weighted by atomic mass is 10.1. The van der Waals surface area contributed by atoms with Gasteiger partial charge in [-0.1, -0.05) is 0 Å². The fourth-order valence-corrected chi connectivity index (χ4v) is 1.79. The minimum Gasteiger partial charge on any atom is -0.495 e. The maximum Gasteiger partial charge on any atom is 0.156 e. The number of carbonyl (C=O) groups excluding carboxylic acids is 1. The van der Waals surface area contributed by atoms with Crippen LogP contribution in [0.15, 0.2) is 10.5 Å². The lowest BCUT2D eigenvalue weighted by Crippen LogP contribution is -1.98. The van der Waals surface area contributed by atoms with Crippen LogP contribution in [0, 0.1) is 12.7 Å². The summed E-state index contributed by atoms with van der Waals surface area (Å²) in [6.07, 6.45) is 0.450. The van der Waals surface area contributed by atoms with Gasteiger partial charge in [0, 0.05) is 0 Å². The fourth-order valence-electron chi connectivity index (χ4n) is 1.07. The molecule has 0 fully saturated rings. The predicted octanol–water partition coefficient (Wildman–Crippen LogP) is 2.72. The van der Waals surface area contributed by atoms with Gasteiger partial charge in [0.05, 0.1) is 17.1 Å². The predicted molar refractivity (Wildman–Crippen MR) is 50.8 cm³/mol. The van der Waals surface area contributed by atoms with E-state index in [1.807, 2.05) is 0 Å². The monoisotopic (exact) mass is 246 g/mol. The number of benzene rings is 1. The molecule has 1 rings (SSSR count). The Balaban J connectivity index is 3.50. The third-order valence-corrected chi connectivity index (χ3v) is 2.30. The van der Waals surface area contributed by atoms with Crippen LogP contribution in [0.25, 0.3) is 0 Å². The van der Waals surface area contributed by atoms with Crippen molar-refractivity contribution in [3.05, 3.63) is 27.5 Å². The van der Waals surface area contributed by atoms with Crippen LogP contribution in [-0.2, 0) is 0 Å². The molecule has 2 nitrogen and oxygen atoms in total. The third kappa shape index (κ3) is 1.72. The molecular weight excluding hydrogens is 239 g/mol. The SMILES string of the molecule is COc1c(Br)cc(C)c(F)c1C=O. The Kier molecular flexibility index (Phi) is 3.03. The largest absolute Gasteiger partial charge is 0.495 e. The minimum atomic E-state index is -0.532. The van der Waals surface area contributed by atoms with Gasteiger partial charge in [-0.05, 0) is 34.5 Å². The molecule has 0 N–H and O–H groups in total. The van der Waals surface area contributed by atoms with E-state index in [0.717, 1.165) is 0 Å². The van der Waals surface area contributed by atoms with E-state index in [1.54, 1.807) is 13.0 Å². The zero-order chi connectivity index (χ0) is 10.0. The second kappa shape index (κ2) is 3.87. The Labute approximate surface area is 83.8 Å². The molecule has 70 valence electrons. The zero-order valence-electron chi connectivity index (χ0n) is 7.23. The second-order valence-electron chi connectivity index (χ2n) is 2.55. The maximum atomic E-state index is 13.3. The van der Waals surface area contributed by atoms with Crippen LogP contribution in [0.3, 0.4) is 0 Å². The van der Waals surface area contributed by atoms with Crippen molar-refractivity contribution in [3.8, 4) is 5.75 Å². The molecule has 0 amide bonds. The number of halogens is 2. The van der Waals surface area contributed by atoms with Crippen LogP contribution < -0.4 is 4.74 Å². The maximum absolute atomic E-state index is 13.3. The standard InChI is InChI=1S/C9H8BrFO2/c1-5-3-7(10)9(13-2)6(4-12)8(5)11/h3-4H,1-2H3. The Morgan fingerprint density at radius 3 is 2.69 bits per heavy atom. The van der Waals surface area contributed by atoms with Gasteiger partial charge in [0.2, 0.25) is 0 Å². The molecule has 1 aromatic carbocycles. The summed E-state index contributed by atoms with van der Waals surface area (Å²) in [4.78, 5) is 10.6. The topological polar surface area (TPSA) is 26.3 Å². The van der Waals surface area contributed by atoms with Crippen molar-refractivity contribution in [2.75, 3.05) is 7.11 Å². The average Bonchev–Trinajstić information content (AvgIpc) is 2.10. The first kappa shape index (κ1) is 10.2. The number of aryl methyl sites for hydroxylation is 1. The molecule has 0 saturated heterocycles. The number of hydrogen-bond acceptors (Lipinski definition) is 2. The van der Waals surface area contributed by atoms with E-state index < -0.39 is 5.82 Å². The molecule has 0 aliphatic carbocycles. The summed E-state index contributed by atoms with van der Waals surface area (Å²) in [7, 11) is 1.39. The molecule has 0 radical (unpaired) electrons. The molecule has 1 aromatic rings. The molecule has 0 saturated carbocycles. The van der Waals surface area contributed by atoms with Crippen molar-refractivity contribution in [2.24, 2.45) is 0 Å². The highest BCUT2D eigenvalue weighted by molar-refractivity contribution is 9.10. The van der Waals surface area contributed by atoms with Crippen LogP contribution in [0.1, 0.15) is 15.9 Å². The molecule has 0 aromatic heterocycles. The summed E-state index contributed by atoms with van der Waals surface area (Å²) in [6, 6.07) is 1.57. The summed E-state index contributed by atoms with van der Waals surface area (Å²) in [5.41, 5.74) is 0.365. The lowest BCUT2D eigenvalue weighted by molar-refractivity contribution is 0.111. The number of aldehydes is 1. The summed E-state index contributed by atoms with van der Waals surface area (Å²) < 4.78 is 18.8.